The van der Waals surface area contributed by atoms with E-state index >= 15 is 0 Å². The molecule has 2 aromatic carbocycles. The highest BCUT2D eigenvalue weighted by atomic mass is 14.1. The SMILES string of the molecule is C=Cc1cc2cc3c(cc2cc1C=C)=CCC=CC=3. The van der Waals surface area contributed by atoms with Crippen molar-refractivity contribution in [2.75, 3.05) is 0 Å². The summed E-state index contributed by atoms with van der Waals surface area (Å²) in [7, 11) is 0. The minimum absolute atomic E-state index is 0.994. The lowest BCUT2D eigenvalue weighted by molar-refractivity contribution is 1.47. The van der Waals surface area contributed by atoms with Gasteiger partial charge < -0.3 is 0 Å². The highest BCUT2D eigenvalue weighted by Crippen LogP contribution is 2.20. The van der Waals surface area contributed by atoms with Gasteiger partial charge in [0.2, 0.25) is 0 Å². The van der Waals surface area contributed by atoms with Gasteiger partial charge in [0.15, 0.2) is 0 Å². The third-order valence-electron chi connectivity index (χ3n) is 3.57. The summed E-state index contributed by atoms with van der Waals surface area (Å²) in [5.74, 6) is 0. The minimum Gasteiger partial charge on any atom is -0.0984 e. The molecule has 0 N–H and O–H groups in total. The van der Waals surface area contributed by atoms with Crippen LogP contribution in [-0.4, -0.2) is 0 Å². The van der Waals surface area contributed by atoms with Gasteiger partial charge in [-0.2, -0.15) is 0 Å². The first-order valence-electron chi connectivity index (χ1n) is 6.51. The monoisotopic (exact) mass is 244 g/mol. The van der Waals surface area contributed by atoms with E-state index in [4.69, 9.17) is 0 Å². The molecule has 0 radical (unpaired) electrons. The van der Waals surface area contributed by atoms with Gasteiger partial charge in [0.05, 0.1) is 0 Å². The summed E-state index contributed by atoms with van der Waals surface area (Å²) in [4.78, 5) is 0. The molecule has 1 aliphatic carbocycles. The first-order chi connectivity index (χ1) is 9.31. The second kappa shape index (κ2) is 4.74. The number of rotatable bonds is 2. The molecule has 0 amide bonds. The lowest BCUT2D eigenvalue weighted by Gasteiger charge is -2.05. The Hall–Kier alpha value is -2.34. The Kier molecular flexibility index (Phi) is 2.92. The lowest BCUT2D eigenvalue weighted by Crippen LogP contribution is -2.23. The lowest BCUT2D eigenvalue weighted by atomic mass is 9.99. The van der Waals surface area contributed by atoms with E-state index in [0.717, 1.165) is 17.5 Å². The molecule has 0 atom stereocenters. The van der Waals surface area contributed by atoms with Crippen molar-refractivity contribution in [2.24, 2.45) is 0 Å². The van der Waals surface area contributed by atoms with Crippen molar-refractivity contribution < 1.29 is 0 Å². The van der Waals surface area contributed by atoms with Crippen molar-refractivity contribution in [1.82, 2.24) is 0 Å². The topological polar surface area (TPSA) is 0 Å². The number of hydrogen-bond acceptors (Lipinski definition) is 0. The molecule has 0 heterocycles. The normalized spacial score (nSPS) is 13.1. The molecule has 0 aliphatic heterocycles. The van der Waals surface area contributed by atoms with Crippen LogP contribution in [0.2, 0.25) is 0 Å². The summed E-state index contributed by atoms with van der Waals surface area (Å²) in [6, 6.07) is 8.87. The standard InChI is InChI=1S/C19H16/c1-3-14-10-18-12-16-8-6-5-7-9-17(16)13-19(18)11-15(14)4-2/h3-6,8-13H,1-2,7H2. The van der Waals surface area contributed by atoms with Crippen molar-refractivity contribution >= 4 is 35.1 Å². The second-order valence-corrected chi connectivity index (χ2v) is 4.75. The van der Waals surface area contributed by atoms with Gasteiger partial charge in [-0.05, 0) is 63.0 Å². The fraction of sp³-hybridized carbons (Fsp3) is 0.0526. The van der Waals surface area contributed by atoms with E-state index in [-0.39, 0.29) is 0 Å². The van der Waals surface area contributed by atoms with Crippen LogP contribution in [0.25, 0.3) is 35.1 Å². The van der Waals surface area contributed by atoms with Gasteiger partial charge in [-0.1, -0.05) is 49.6 Å². The summed E-state index contributed by atoms with van der Waals surface area (Å²) in [6.45, 7) is 7.75. The van der Waals surface area contributed by atoms with E-state index in [1.807, 2.05) is 12.2 Å². The number of allylic oxidation sites excluding steroid dienone is 2. The maximum Gasteiger partial charge on any atom is -0.0157 e. The molecule has 2 aromatic rings. The van der Waals surface area contributed by atoms with Gasteiger partial charge in [0.1, 0.15) is 0 Å². The predicted molar refractivity (Wildman–Crippen MR) is 86.1 cm³/mol. The molecule has 0 aromatic heterocycles. The molecule has 0 nitrogen and oxygen atoms in total. The van der Waals surface area contributed by atoms with Crippen LogP contribution in [0, 0.1) is 0 Å². The molecule has 3 rings (SSSR count). The molecule has 0 unspecified atom stereocenters. The third kappa shape index (κ3) is 2.06. The zero-order chi connectivity index (χ0) is 13.2. The van der Waals surface area contributed by atoms with Crippen LogP contribution in [-0.2, 0) is 0 Å². The fourth-order valence-electron chi connectivity index (χ4n) is 2.54. The average Bonchev–Trinajstić information content (AvgIpc) is 2.68. The first kappa shape index (κ1) is 11.7. The maximum absolute atomic E-state index is 3.88. The quantitative estimate of drug-likeness (QED) is 0.756. The first-order valence-corrected chi connectivity index (χ1v) is 6.51. The largest absolute Gasteiger partial charge is 0.0984 e. The Morgan fingerprint density at radius 2 is 1.47 bits per heavy atom. The molecular weight excluding hydrogens is 228 g/mol. The zero-order valence-corrected chi connectivity index (χ0v) is 10.9. The van der Waals surface area contributed by atoms with Crippen molar-refractivity contribution in [3.05, 3.63) is 71.1 Å². The predicted octanol–water partition coefficient (Wildman–Crippen LogP) is 3.65. The van der Waals surface area contributed by atoms with Gasteiger partial charge in [-0.3, -0.25) is 0 Å². The van der Waals surface area contributed by atoms with Crippen LogP contribution in [0.15, 0.2) is 49.6 Å². The number of benzene rings is 2. The summed E-state index contributed by atoms with van der Waals surface area (Å²) in [5, 5.41) is 5.09. The third-order valence-corrected chi connectivity index (χ3v) is 3.57. The van der Waals surface area contributed by atoms with Gasteiger partial charge in [-0.15, -0.1) is 0 Å². The summed E-state index contributed by atoms with van der Waals surface area (Å²) in [5.41, 5.74) is 2.27. The van der Waals surface area contributed by atoms with E-state index in [9.17, 15) is 0 Å². The number of fused-ring (bicyclic) bond motifs is 2. The molecule has 0 saturated heterocycles. The summed E-state index contributed by atoms with van der Waals surface area (Å²) >= 11 is 0. The molecule has 0 fully saturated rings. The van der Waals surface area contributed by atoms with Crippen molar-refractivity contribution in [3.8, 4) is 0 Å². The Labute approximate surface area is 113 Å². The van der Waals surface area contributed by atoms with Crippen LogP contribution < -0.4 is 10.4 Å². The van der Waals surface area contributed by atoms with Crippen LogP contribution in [0.1, 0.15) is 17.5 Å². The van der Waals surface area contributed by atoms with Crippen molar-refractivity contribution in [3.63, 3.8) is 0 Å². The Morgan fingerprint density at radius 3 is 2.11 bits per heavy atom. The Bertz CT molecular complexity index is 817. The molecule has 0 spiro atoms. The van der Waals surface area contributed by atoms with Crippen LogP contribution in [0.4, 0.5) is 0 Å². The van der Waals surface area contributed by atoms with E-state index in [1.165, 1.54) is 21.2 Å². The molecular formula is C19H16. The Morgan fingerprint density at radius 1 is 0.842 bits per heavy atom. The summed E-state index contributed by atoms with van der Waals surface area (Å²) in [6.07, 6.45) is 13.5. The number of hydrogen-bond donors (Lipinski definition) is 0. The van der Waals surface area contributed by atoms with E-state index in [0.29, 0.717) is 0 Å². The molecule has 1 aliphatic rings. The van der Waals surface area contributed by atoms with E-state index < -0.39 is 0 Å². The zero-order valence-electron chi connectivity index (χ0n) is 10.9. The van der Waals surface area contributed by atoms with Crippen LogP contribution in [0.5, 0.6) is 0 Å². The minimum atomic E-state index is 0.994. The Balaban J connectivity index is 2.41. The highest BCUT2D eigenvalue weighted by Gasteiger charge is 2.01. The second-order valence-electron chi connectivity index (χ2n) is 4.75. The summed E-state index contributed by atoms with van der Waals surface area (Å²) < 4.78 is 0. The molecule has 0 saturated carbocycles. The molecule has 0 bridgehead atoms. The van der Waals surface area contributed by atoms with Gasteiger partial charge >= 0.3 is 0 Å². The molecule has 92 valence electrons. The highest BCUT2D eigenvalue weighted by molar-refractivity contribution is 5.88. The van der Waals surface area contributed by atoms with Crippen LogP contribution >= 0.6 is 0 Å². The van der Waals surface area contributed by atoms with Crippen molar-refractivity contribution in [1.29, 1.82) is 0 Å². The van der Waals surface area contributed by atoms with Crippen molar-refractivity contribution in [2.45, 2.75) is 6.42 Å². The van der Waals surface area contributed by atoms with Gasteiger partial charge in [-0.25, -0.2) is 0 Å². The van der Waals surface area contributed by atoms with Gasteiger partial charge in [0, 0.05) is 0 Å². The van der Waals surface area contributed by atoms with Crippen LogP contribution in [0.3, 0.4) is 0 Å². The molecule has 0 heteroatoms. The molecule has 19 heavy (non-hydrogen) atoms. The smallest absolute Gasteiger partial charge is 0.0157 e. The van der Waals surface area contributed by atoms with E-state index in [2.05, 4.69) is 61.7 Å². The average molecular weight is 244 g/mol. The van der Waals surface area contributed by atoms with Gasteiger partial charge in [0.25, 0.3) is 0 Å². The van der Waals surface area contributed by atoms with E-state index in [1.54, 1.807) is 0 Å². The fourth-order valence-corrected chi connectivity index (χ4v) is 2.54. The maximum atomic E-state index is 3.88.